The van der Waals surface area contributed by atoms with Gasteiger partial charge in [0.05, 0.1) is 0 Å². The van der Waals surface area contributed by atoms with E-state index in [-0.39, 0.29) is 5.91 Å². The summed E-state index contributed by atoms with van der Waals surface area (Å²) < 4.78 is 0. The minimum atomic E-state index is 0.279. The molecule has 136 valence electrons. The largest absolute Gasteiger partial charge is 0.312 e. The van der Waals surface area contributed by atoms with Crippen LogP contribution in [-0.4, -0.2) is 42.0 Å². The topological polar surface area (TPSA) is 36.4 Å². The van der Waals surface area contributed by atoms with E-state index in [0.29, 0.717) is 12.3 Å². The van der Waals surface area contributed by atoms with Crippen molar-refractivity contribution in [2.45, 2.75) is 38.0 Å². The first kappa shape index (κ1) is 17.2. The lowest BCUT2D eigenvalue weighted by molar-refractivity contribution is -0.119. The Morgan fingerprint density at radius 2 is 2.00 bits per heavy atom. The maximum absolute atomic E-state index is 12.3. The summed E-state index contributed by atoms with van der Waals surface area (Å²) in [6, 6.07) is 12.7. The molecule has 4 rings (SSSR count). The molecule has 26 heavy (non-hydrogen) atoms. The molecule has 0 spiro atoms. The molecule has 0 N–H and O–H groups in total. The van der Waals surface area contributed by atoms with Crippen LogP contribution in [0.1, 0.15) is 42.7 Å². The van der Waals surface area contributed by atoms with E-state index >= 15 is 0 Å². The van der Waals surface area contributed by atoms with Gasteiger partial charge in [-0.3, -0.25) is 9.78 Å². The molecule has 3 heterocycles. The Bertz CT molecular complexity index is 746. The van der Waals surface area contributed by atoms with Gasteiger partial charge in [-0.15, -0.1) is 0 Å². The molecule has 2 aliphatic rings. The van der Waals surface area contributed by atoms with Crippen molar-refractivity contribution in [3.63, 3.8) is 0 Å². The monoisotopic (exact) mass is 349 g/mol. The summed E-state index contributed by atoms with van der Waals surface area (Å²) in [7, 11) is 0. The highest BCUT2D eigenvalue weighted by Gasteiger charge is 2.25. The molecule has 0 saturated carbocycles. The summed E-state index contributed by atoms with van der Waals surface area (Å²) in [6.45, 7) is 4.17. The fourth-order valence-corrected chi connectivity index (χ4v) is 4.25. The van der Waals surface area contributed by atoms with Crippen molar-refractivity contribution in [1.29, 1.82) is 0 Å². The zero-order valence-electron chi connectivity index (χ0n) is 15.3. The van der Waals surface area contributed by atoms with Gasteiger partial charge in [0, 0.05) is 44.1 Å². The summed E-state index contributed by atoms with van der Waals surface area (Å²) in [5.74, 6) is 0.879. The molecule has 1 unspecified atom stereocenters. The first-order valence-electron chi connectivity index (χ1n) is 9.82. The van der Waals surface area contributed by atoms with Gasteiger partial charge in [0.2, 0.25) is 5.91 Å². The van der Waals surface area contributed by atoms with Crippen molar-refractivity contribution in [3.8, 4) is 0 Å². The van der Waals surface area contributed by atoms with Gasteiger partial charge in [-0.2, -0.15) is 0 Å². The highest BCUT2D eigenvalue weighted by Crippen LogP contribution is 2.28. The quantitative estimate of drug-likeness (QED) is 0.827. The van der Waals surface area contributed by atoms with E-state index in [1.807, 2.05) is 23.4 Å². The van der Waals surface area contributed by atoms with E-state index < -0.39 is 0 Å². The zero-order chi connectivity index (χ0) is 17.8. The maximum Gasteiger partial charge on any atom is 0.226 e. The molecule has 2 aliphatic heterocycles. The van der Waals surface area contributed by atoms with Crippen molar-refractivity contribution in [1.82, 2.24) is 9.88 Å². The number of piperidine rings is 1. The van der Waals surface area contributed by atoms with E-state index in [0.717, 1.165) is 51.1 Å². The predicted octanol–water partition coefficient (Wildman–Crippen LogP) is 3.63. The van der Waals surface area contributed by atoms with Crippen molar-refractivity contribution < 1.29 is 4.79 Å². The smallest absolute Gasteiger partial charge is 0.226 e. The number of amides is 1. The van der Waals surface area contributed by atoms with Gasteiger partial charge in [0.15, 0.2) is 0 Å². The minimum absolute atomic E-state index is 0.279. The molecule has 1 aromatic heterocycles. The fourth-order valence-electron chi connectivity index (χ4n) is 4.25. The lowest BCUT2D eigenvalue weighted by Crippen LogP contribution is -2.36. The molecule has 2 aromatic rings. The normalized spacial score (nSPS) is 21.3. The number of para-hydroxylation sites is 1. The third-order valence-electron chi connectivity index (χ3n) is 5.73. The molecule has 4 nitrogen and oxygen atoms in total. The molecular formula is C22H27N3O. The number of carbonyl (C=O) groups is 1. The summed E-state index contributed by atoms with van der Waals surface area (Å²) >= 11 is 0. The number of benzene rings is 1. The van der Waals surface area contributed by atoms with Crippen LogP contribution in [0.25, 0.3) is 0 Å². The molecule has 1 amide bonds. The highest BCUT2D eigenvalue weighted by atomic mass is 16.2. The number of hydrogen-bond donors (Lipinski definition) is 0. The van der Waals surface area contributed by atoms with Gasteiger partial charge >= 0.3 is 0 Å². The van der Waals surface area contributed by atoms with Gasteiger partial charge in [-0.1, -0.05) is 24.3 Å². The van der Waals surface area contributed by atoms with E-state index in [9.17, 15) is 4.79 Å². The van der Waals surface area contributed by atoms with E-state index in [1.165, 1.54) is 17.5 Å². The molecule has 2 saturated heterocycles. The summed E-state index contributed by atoms with van der Waals surface area (Å²) in [4.78, 5) is 21.1. The average Bonchev–Trinajstić information content (AvgIpc) is 3.17. The van der Waals surface area contributed by atoms with E-state index in [4.69, 9.17) is 0 Å². The molecule has 1 aromatic carbocycles. The van der Waals surface area contributed by atoms with E-state index in [2.05, 4.69) is 40.2 Å². The molecule has 0 aliphatic carbocycles. The second-order valence-corrected chi connectivity index (χ2v) is 7.45. The van der Waals surface area contributed by atoms with Crippen LogP contribution in [0.3, 0.4) is 0 Å². The summed E-state index contributed by atoms with van der Waals surface area (Å²) in [5.41, 5.74) is 3.78. The fraction of sp³-hybridized carbons (Fsp3) is 0.455. The highest BCUT2D eigenvalue weighted by molar-refractivity contribution is 5.94. The number of nitrogens with zero attached hydrogens (tertiary/aromatic N) is 3. The third-order valence-corrected chi connectivity index (χ3v) is 5.73. The lowest BCUT2D eigenvalue weighted by Gasteiger charge is -2.29. The van der Waals surface area contributed by atoms with Gasteiger partial charge in [-0.25, -0.2) is 0 Å². The number of anilines is 1. The second-order valence-electron chi connectivity index (χ2n) is 7.45. The van der Waals surface area contributed by atoms with Gasteiger partial charge in [0.1, 0.15) is 0 Å². The van der Waals surface area contributed by atoms with Crippen LogP contribution in [-0.2, 0) is 11.2 Å². The average molecular weight is 349 g/mol. The maximum atomic E-state index is 12.3. The van der Waals surface area contributed by atoms with Gasteiger partial charge in [0.25, 0.3) is 0 Å². The van der Waals surface area contributed by atoms with Crippen LogP contribution >= 0.6 is 0 Å². The first-order chi connectivity index (χ1) is 12.8. The van der Waals surface area contributed by atoms with Crippen LogP contribution < -0.4 is 4.90 Å². The van der Waals surface area contributed by atoms with Crippen LogP contribution in [0.5, 0.6) is 0 Å². The van der Waals surface area contributed by atoms with Crippen LogP contribution in [0.4, 0.5) is 5.69 Å². The van der Waals surface area contributed by atoms with Crippen molar-refractivity contribution in [2.24, 2.45) is 0 Å². The Morgan fingerprint density at radius 3 is 2.85 bits per heavy atom. The Hall–Kier alpha value is -2.20. The zero-order valence-corrected chi connectivity index (χ0v) is 15.3. The van der Waals surface area contributed by atoms with Crippen molar-refractivity contribution in [3.05, 3.63) is 59.9 Å². The molecular weight excluding hydrogens is 322 g/mol. The molecule has 4 heteroatoms. The van der Waals surface area contributed by atoms with Crippen LogP contribution in [0, 0.1) is 0 Å². The van der Waals surface area contributed by atoms with E-state index in [1.54, 1.807) is 0 Å². The minimum Gasteiger partial charge on any atom is -0.312 e. The Labute approximate surface area is 155 Å². The predicted molar refractivity (Wildman–Crippen MR) is 104 cm³/mol. The van der Waals surface area contributed by atoms with Crippen molar-refractivity contribution >= 4 is 11.6 Å². The Morgan fingerprint density at radius 1 is 1.08 bits per heavy atom. The molecule has 2 fully saturated rings. The molecule has 1 atom stereocenters. The number of likely N-dealkylation sites (tertiary alicyclic amines) is 1. The summed E-state index contributed by atoms with van der Waals surface area (Å²) in [5, 5.41) is 0. The number of pyridine rings is 1. The number of hydrogen-bond acceptors (Lipinski definition) is 3. The number of carbonyl (C=O) groups excluding carboxylic acids is 1. The Balaban J connectivity index is 1.39. The standard InChI is InChI=1S/C22H27N3O/c26-22-9-3-4-13-25(22)21-8-2-1-6-18(21)10-14-24-15-11-20(17-24)19-7-5-12-23-16-19/h1-2,5-8,12,16,20H,3-4,9-11,13-15,17H2. The SMILES string of the molecule is O=C1CCCCN1c1ccccc1CCN1CCC(c2cccnc2)C1. The molecule has 0 bridgehead atoms. The Kier molecular flexibility index (Phi) is 5.30. The molecule has 0 radical (unpaired) electrons. The third kappa shape index (κ3) is 3.80. The van der Waals surface area contributed by atoms with Crippen molar-refractivity contribution in [2.75, 3.05) is 31.1 Å². The lowest BCUT2D eigenvalue weighted by atomic mass is 10.0. The second kappa shape index (κ2) is 8.00. The van der Waals surface area contributed by atoms with Gasteiger partial charge in [-0.05, 0) is 61.4 Å². The van der Waals surface area contributed by atoms with Crippen LogP contribution in [0.15, 0.2) is 48.8 Å². The van der Waals surface area contributed by atoms with Crippen LogP contribution in [0.2, 0.25) is 0 Å². The number of rotatable bonds is 5. The van der Waals surface area contributed by atoms with Gasteiger partial charge < -0.3 is 9.80 Å². The first-order valence-corrected chi connectivity index (χ1v) is 9.82. The summed E-state index contributed by atoms with van der Waals surface area (Å²) in [6.07, 6.45) is 8.88. The number of aromatic nitrogens is 1.